The zero-order valence-electron chi connectivity index (χ0n) is 26.8. The van der Waals surface area contributed by atoms with Crippen LogP contribution in [0.15, 0.2) is 167 Å². The smallest absolute Gasteiger partial charge is 0.143 e. The van der Waals surface area contributed by atoms with Crippen molar-refractivity contribution in [3.05, 3.63) is 158 Å². The Morgan fingerprint density at radius 1 is 0.280 bits per heavy atom. The minimum atomic E-state index is 0.874. The van der Waals surface area contributed by atoms with Crippen LogP contribution in [0.1, 0.15) is 0 Å². The summed E-state index contributed by atoms with van der Waals surface area (Å²) in [7, 11) is 0. The summed E-state index contributed by atoms with van der Waals surface area (Å²) in [4.78, 5) is 0. The van der Waals surface area contributed by atoms with Crippen molar-refractivity contribution < 1.29 is 8.83 Å². The van der Waals surface area contributed by atoms with Crippen LogP contribution in [0.2, 0.25) is 0 Å². The van der Waals surface area contributed by atoms with Gasteiger partial charge in [-0.2, -0.15) is 0 Å². The lowest BCUT2D eigenvalue weighted by Crippen LogP contribution is -1.89. The zero-order chi connectivity index (χ0) is 32.5. The van der Waals surface area contributed by atoms with Gasteiger partial charge in [0.25, 0.3) is 0 Å². The molecule has 0 unspecified atom stereocenters. The molecule has 0 atom stereocenters. The molecule has 0 radical (unpaired) electrons. The van der Waals surface area contributed by atoms with Crippen LogP contribution in [-0.2, 0) is 0 Å². The highest BCUT2D eigenvalue weighted by Crippen LogP contribution is 2.47. The Balaban J connectivity index is 1.17. The first-order valence-electron chi connectivity index (χ1n) is 17.2. The summed E-state index contributed by atoms with van der Waals surface area (Å²) in [6.45, 7) is 0. The van der Waals surface area contributed by atoms with Crippen molar-refractivity contribution in [2.24, 2.45) is 0 Å². The van der Waals surface area contributed by atoms with Gasteiger partial charge in [0.1, 0.15) is 22.3 Å². The van der Waals surface area contributed by atoms with Crippen LogP contribution in [0, 0.1) is 0 Å². The molecule has 2 heterocycles. The average molecular weight is 635 g/mol. The fourth-order valence-corrected chi connectivity index (χ4v) is 8.70. The third kappa shape index (κ3) is 3.42. The molecule has 0 amide bonds. The van der Waals surface area contributed by atoms with E-state index in [2.05, 4.69) is 158 Å². The summed E-state index contributed by atoms with van der Waals surface area (Å²) >= 11 is 0. The lowest BCUT2D eigenvalue weighted by molar-refractivity contribution is 0.672. The third-order valence-corrected chi connectivity index (χ3v) is 11.0. The van der Waals surface area contributed by atoms with E-state index in [-0.39, 0.29) is 0 Å². The van der Waals surface area contributed by atoms with Gasteiger partial charge in [-0.3, -0.25) is 0 Å². The van der Waals surface area contributed by atoms with Gasteiger partial charge in [-0.1, -0.05) is 127 Å². The molecule has 0 bridgehead atoms. The molecule has 0 saturated heterocycles. The summed E-state index contributed by atoms with van der Waals surface area (Å²) < 4.78 is 13.7. The first kappa shape index (κ1) is 26.3. The molecule has 0 aliphatic rings. The van der Waals surface area contributed by atoms with Crippen molar-refractivity contribution in [1.82, 2.24) is 0 Å². The predicted octanol–water partition coefficient (Wildman–Crippen LogP) is 14.0. The van der Waals surface area contributed by atoms with Crippen molar-refractivity contribution in [2.45, 2.75) is 0 Å². The lowest BCUT2D eigenvalue weighted by Gasteiger charge is -2.15. The molecule has 2 nitrogen and oxygen atoms in total. The van der Waals surface area contributed by atoms with Gasteiger partial charge in [-0.15, -0.1) is 0 Å². The number of hydrogen-bond acceptors (Lipinski definition) is 2. The van der Waals surface area contributed by atoms with E-state index in [1.807, 2.05) is 0 Å². The van der Waals surface area contributed by atoms with Gasteiger partial charge in [-0.05, 0) is 90.1 Å². The Bertz CT molecular complexity index is 3360. The molecule has 0 saturated carbocycles. The molecule has 2 heteroatoms. The van der Waals surface area contributed by atoms with Gasteiger partial charge >= 0.3 is 0 Å². The van der Waals surface area contributed by atoms with Crippen molar-refractivity contribution >= 4 is 97.7 Å². The van der Waals surface area contributed by atoms with E-state index in [9.17, 15) is 0 Å². The standard InChI is InChI=1S/C48H26O2/c1-3-10-33-27(6-1)14-22-40-37-20-18-32(26-42(37)49-46(33)40)35-24-25-39(45-41-23-15-28-7-2-4-11-34(28)47(41)50-48(35)45)36-19-16-31-13-12-29-8-5-9-30-17-21-38(36)44(31)43(29)30/h1-26H. The maximum absolute atomic E-state index is 7.04. The molecule has 0 spiro atoms. The first-order chi connectivity index (χ1) is 24.8. The zero-order valence-corrected chi connectivity index (χ0v) is 26.8. The quantitative estimate of drug-likeness (QED) is 0.177. The normalized spacial score (nSPS) is 12.4. The topological polar surface area (TPSA) is 26.3 Å². The van der Waals surface area contributed by atoms with Gasteiger partial charge in [0.2, 0.25) is 0 Å². The fourth-order valence-electron chi connectivity index (χ4n) is 8.70. The van der Waals surface area contributed by atoms with Gasteiger partial charge in [0.15, 0.2) is 0 Å². The Kier molecular flexibility index (Phi) is 5.00. The van der Waals surface area contributed by atoms with Crippen LogP contribution >= 0.6 is 0 Å². The predicted molar refractivity (Wildman–Crippen MR) is 211 cm³/mol. The van der Waals surface area contributed by atoms with E-state index in [4.69, 9.17) is 8.83 Å². The Morgan fingerprint density at radius 3 is 1.64 bits per heavy atom. The molecule has 12 rings (SSSR count). The molecule has 230 valence electrons. The number of fused-ring (bicyclic) bond motifs is 10. The second-order valence-corrected chi connectivity index (χ2v) is 13.6. The monoisotopic (exact) mass is 634 g/mol. The molecular formula is C48H26O2. The maximum Gasteiger partial charge on any atom is 0.143 e. The molecule has 0 aliphatic carbocycles. The van der Waals surface area contributed by atoms with Crippen LogP contribution in [0.3, 0.4) is 0 Å². The lowest BCUT2D eigenvalue weighted by atomic mass is 9.87. The average Bonchev–Trinajstić information content (AvgIpc) is 3.76. The molecule has 10 aromatic carbocycles. The molecule has 2 aromatic heterocycles. The maximum atomic E-state index is 7.04. The minimum Gasteiger partial charge on any atom is -0.455 e. The summed E-state index contributed by atoms with van der Waals surface area (Å²) in [5.74, 6) is 0. The van der Waals surface area contributed by atoms with Crippen molar-refractivity contribution in [1.29, 1.82) is 0 Å². The van der Waals surface area contributed by atoms with Gasteiger partial charge in [0, 0.05) is 37.9 Å². The number of furan rings is 2. The molecule has 0 fully saturated rings. The van der Waals surface area contributed by atoms with E-state index in [1.54, 1.807) is 0 Å². The van der Waals surface area contributed by atoms with Gasteiger partial charge < -0.3 is 8.83 Å². The second-order valence-electron chi connectivity index (χ2n) is 13.6. The summed E-state index contributed by atoms with van der Waals surface area (Å²) in [5, 5.41) is 16.8. The third-order valence-electron chi connectivity index (χ3n) is 11.0. The minimum absolute atomic E-state index is 0.874. The largest absolute Gasteiger partial charge is 0.455 e. The van der Waals surface area contributed by atoms with Crippen molar-refractivity contribution in [3.8, 4) is 22.3 Å². The van der Waals surface area contributed by atoms with Crippen molar-refractivity contribution in [3.63, 3.8) is 0 Å². The molecule has 0 N–H and O–H groups in total. The molecule has 12 aromatic rings. The van der Waals surface area contributed by atoms with Gasteiger partial charge in [-0.25, -0.2) is 0 Å². The highest BCUT2D eigenvalue weighted by atomic mass is 16.3. The van der Waals surface area contributed by atoms with Gasteiger partial charge in [0.05, 0.1) is 0 Å². The fraction of sp³-hybridized carbons (Fsp3) is 0. The Morgan fingerprint density at radius 2 is 0.840 bits per heavy atom. The summed E-state index contributed by atoms with van der Waals surface area (Å²) in [5.41, 5.74) is 8.11. The van der Waals surface area contributed by atoms with E-state index in [0.717, 1.165) is 65.8 Å². The van der Waals surface area contributed by atoms with E-state index < -0.39 is 0 Å². The second kappa shape index (κ2) is 9.49. The van der Waals surface area contributed by atoms with Crippen LogP contribution < -0.4 is 0 Å². The summed E-state index contributed by atoms with van der Waals surface area (Å²) in [6.07, 6.45) is 0. The first-order valence-corrected chi connectivity index (χ1v) is 17.2. The number of hydrogen-bond donors (Lipinski definition) is 0. The highest BCUT2D eigenvalue weighted by Gasteiger charge is 2.22. The molecule has 0 aliphatic heterocycles. The van der Waals surface area contributed by atoms with Crippen LogP contribution in [0.25, 0.3) is 120 Å². The molecular weight excluding hydrogens is 609 g/mol. The van der Waals surface area contributed by atoms with Crippen LogP contribution in [0.4, 0.5) is 0 Å². The van der Waals surface area contributed by atoms with E-state index in [0.29, 0.717) is 0 Å². The number of benzene rings is 10. The van der Waals surface area contributed by atoms with E-state index >= 15 is 0 Å². The molecule has 50 heavy (non-hydrogen) atoms. The Labute approximate surface area is 285 Å². The number of rotatable bonds is 2. The van der Waals surface area contributed by atoms with E-state index in [1.165, 1.54) is 54.2 Å². The van der Waals surface area contributed by atoms with Crippen molar-refractivity contribution in [2.75, 3.05) is 0 Å². The SMILES string of the molecule is c1ccc2c(c1)ccc1c3ccc(-c4ccc(-c5ccc6ccc7cccc8ccc5c6c78)c5c4oc4c6ccccc6ccc45)cc3oc21. The summed E-state index contributed by atoms with van der Waals surface area (Å²) in [6, 6.07) is 57.1. The van der Waals surface area contributed by atoms with Crippen LogP contribution in [0.5, 0.6) is 0 Å². The van der Waals surface area contributed by atoms with Crippen LogP contribution in [-0.4, -0.2) is 0 Å². The highest BCUT2D eigenvalue weighted by molar-refractivity contribution is 6.28. The Hall–Kier alpha value is -6.64.